The summed E-state index contributed by atoms with van der Waals surface area (Å²) in [6.07, 6.45) is 0. The maximum absolute atomic E-state index is 12.8. The van der Waals surface area contributed by atoms with Crippen molar-refractivity contribution in [2.24, 2.45) is 0 Å². The van der Waals surface area contributed by atoms with Crippen LogP contribution in [-0.2, 0) is 10.0 Å². The molecule has 0 fully saturated rings. The third kappa shape index (κ3) is 4.84. The summed E-state index contributed by atoms with van der Waals surface area (Å²) in [7, 11) is -2.54. The molecule has 3 rings (SSSR count). The molecule has 32 heavy (non-hydrogen) atoms. The van der Waals surface area contributed by atoms with Gasteiger partial charge in [0, 0.05) is 29.0 Å². The SMILES string of the molecule is Cc1cc(O)c(C(=O)O)cc1S(=O)(=O)Nc1ccc(N(C)C(=O)c2ccc(Cl)cc2)cc1. The molecular formula is C22H19ClN2O6S. The maximum atomic E-state index is 12.8. The van der Waals surface area contributed by atoms with Crippen molar-refractivity contribution in [2.75, 3.05) is 16.7 Å². The van der Waals surface area contributed by atoms with E-state index in [1.54, 1.807) is 43.4 Å². The number of hydrogen-bond donors (Lipinski definition) is 3. The minimum Gasteiger partial charge on any atom is -0.507 e. The van der Waals surface area contributed by atoms with E-state index in [1.807, 2.05) is 0 Å². The second kappa shape index (κ2) is 8.89. The van der Waals surface area contributed by atoms with Gasteiger partial charge in [0.05, 0.1) is 4.90 Å². The number of carboxylic acids is 1. The van der Waals surface area contributed by atoms with Crippen molar-refractivity contribution < 1.29 is 28.2 Å². The van der Waals surface area contributed by atoms with Gasteiger partial charge in [0.25, 0.3) is 15.9 Å². The normalized spacial score (nSPS) is 11.1. The summed E-state index contributed by atoms with van der Waals surface area (Å²) in [5, 5.41) is 19.4. The molecule has 0 aliphatic heterocycles. The Morgan fingerprint density at radius 1 is 1.00 bits per heavy atom. The summed E-state index contributed by atoms with van der Waals surface area (Å²) < 4.78 is 27.9. The molecule has 3 N–H and O–H groups in total. The highest BCUT2D eigenvalue weighted by molar-refractivity contribution is 7.92. The van der Waals surface area contributed by atoms with E-state index in [0.717, 1.165) is 12.1 Å². The summed E-state index contributed by atoms with van der Waals surface area (Å²) in [5.41, 5.74) is 0.851. The van der Waals surface area contributed by atoms with E-state index in [1.165, 1.54) is 24.0 Å². The molecule has 0 bridgehead atoms. The van der Waals surface area contributed by atoms with Gasteiger partial charge in [-0.05, 0) is 73.2 Å². The van der Waals surface area contributed by atoms with Crippen LogP contribution >= 0.6 is 11.6 Å². The highest BCUT2D eigenvalue weighted by Gasteiger charge is 2.22. The molecule has 0 radical (unpaired) electrons. The topological polar surface area (TPSA) is 124 Å². The second-order valence-electron chi connectivity index (χ2n) is 6.96. The van der Waals surface area contributed by atoms with Crippen molar-refractivity contribution in [3.8, 4) is 5.75 Å². The Morgan fingerprint density at radius 2 is 1.59 bits per heavy atom. The molecule has 1 amide bonds. The molecule has 0 aromatic heterocycles. The molecule has 0 aliphatic rings. The first-order valence-corrected chi connectivity index (χ1v) is 11.1. The molecule has 0 saturated heterocycles. The van der Waals surface area contributed by atoms with Crippen LogP contribution in [0.25, 0.3) is 0 Å². The number of halogens is 1. The van der Waals surface area contributed by atoms with Crippen LogP contribution < -0.4 is 9.62 Å². The van der Waals surface area contributed by atoms with Gasteiger partial charge in [0.1, 0.15) is 11.3 Å². The number of nitrogens with zero attached hydrogens (tertiary/aromatic N) is 1. The van der Waals surface area contributed by atoms with Crippen molar-refractivity contribution >= 4 is 44.9 Å². The van der Waals surface area contributed by atoms with Gasteiger partial charge >= 0.3 is 5.97 Å². The number of hydrogen-bond acceptors (Lipinski definition) is 5. The van der Waals surface area contributed by atoms with Crippen LogP contribution in [0.2, 0.25) is 5.02 Å². The van der Waals surface area contributed by atoms with Gasteiger partial charge in [-0.1, -0.05) is 11.6 Å². The molecule has 0 aliphatic carbocycles. The second-order valence-corrected chi connectivity index (χ2v) is 9.05. The van der Waals surface area contributed by atoms with Gasteiger partial charge in [0.2, 0.25) is 0 Å². The number of carboxylic acid groups (broad SMARTS) is 1. The molecule has 166 valence electrons. The Hall–Kier alpha value is -3.56. The quantitative estimate of drug-likeness (QED) is 0.493. The van der Waals surface area contributed by atoms with Gasteiger partial charge in [-0.3, -0.25) is 9.52 Å². The fourth-order valence-corrected chi connectivity index (χ4v) is 4.44. The summed E-state index contributed by atoms with van der Waals surface area (Å²) in [4.78, 5) is 25.0. The van der Waals surface area contributed by atoms with Gasteiger partial charge in [-0.25, -0.2) is 13.2 Å². The fraction of sp³-hybridized carbons (Fsp3) is 0.0909. The van der Waals surface area contributed by atoms with Crippen molar-refractivity contribution in [1.82, 2.24) is 0 Å². The van der Waals surface area contributed by atoms with E-state index in [2.05, 4.69) is 4.72 Å². The van der Waals surface area contributed by atoms with E-state index in [-0.39, 0.29) is 22.1 Å². The summed E-state index contributed by atoms with van der Waals surface area (Å²) in [6.45, 7) is 1.44. The van der Waals surface area contributed by atoms with Crippen LogP contribution in [0.5, 0.6) is 5.75 Å². The number of sulfonamides is 1. The zero-order chi connectivity index (χ0) is 23.6. The Morgan fingerprint density at radius 3 is 2.16 bits per heavy atom. The number of aromatic carboxylic acids is 1. The van der Waals surface area contributed by atoms with Gasteiger partial charge in [-0.2, -0.15) is 0 Å². The maximum Gasteiger partial charge on any atom is 0.339 e. The van der Waals surface area contributed by atoms with Crippen molar-refractivity contribution in [3.63, 3.8) is 0 Å². The molecule has 8 nitrogen and oxygen atoms in total. The Kier molecular flexibility index (Phi) is 6.42. The van der Waals surface area contributed by atoms with Crippen LogP contribution in [0, 0.1) is 6.92 Å². The fourth-order valence-electron chi connectivity index (χ4n) is 3.00. The first kappa shape index (κ1) is 23.1. The highest BCUT2D eigenvalue weighted by atomic mass is 35.5. The minimum atomic E-state index is -4.13. The van der Waals surface area contributed by atoms with Gasteiger partial charge in [-0.15, -0.1) is 0 Å². The van der Waals surface area contributed by atoms with Crippen LogP contribution in [0.3, 0.4) is 0 Å². The standard InChI is InChI=1S/C22H19ClN2O6S/c1-13-11-19(26)18(22(28)29)12-20(13)32(30,31)24-16-7-9-17(10-8-16)25(2)21(27)14-3-5-15(23)6-4-14/h3-12,24,26H,1-2H3,(H,28,29). The lowest BCUT2D eigenvalue weighted by Crippen LogP contribution is -2.26. The lowest BCUT2D eigenvalue weighted by atomic mass is 10.1. The van der Waals surface area contributed by atoms with Crippen molar-refractivity contribution in [3.05, 3.63) is 82.4 Å². The monoisotopic (exact) mass is 474 g/mol. The number of anilines is 2. The lowest BCUT2D eigenvalue weighted by Gasteiger charge is -2.18. The zero-order valence-corrected chi connectivity index (χ0v) is 18.6. The Balaban J connectivity index is 1.82. The van der Waals surface area contributed by atoms with E-state index >= 15 is 0 Å². The summed E-state index contributed by atoms with van der Waals surface area (Å²) in [5.74, 6) is -2.24. The number of phenols is 1. The van der Waals surface area contributed by atoms with Gasteiger partial charge in [0.15, 0.2) is 0 Å². The molecule has 0 saturated carbocycles. The number of benzene rings is 3. The van der Waals surface area contributed by atoms with Crippen LogP contribution in [0.15, 0.2) is 65.6 Å². The van der Waals surface area contributed by atoms with Crippen LogP contribution in [0.1, 0.15) is 26.3 Å². The number of carbonyl (C=O) groups is 2. The van der Waals surface area contributed by atoms with Crippen LogP contribution in [0.4, 0.5) is 11.4 Å². The lowest BCUT2D eigenvalue weighted by molar-refractivity contribution is 0.0693. The molecule has 10 heteroatoms. The number of aromatic hydroxyl groups is 1. The minimum absolute atomic E-state index is 0.185. The van der Waals surface area contributed by atoms with Crippen LogP contribution in [-0.4, -0.2) is 37.6 Å². The van der Waals surface area contributed by atoms with E-state index < -0.39 is 27.3 Å². The average Bonchev–Trinajstić information content (AvgIpc) is 2.73. The number of carbonyl (C=O) groups excluding carboxylic acids is 1. The molecular weight excluding hydrogens is 456 g/mol. The molecule has 0 spiro atoms. The van der Waals surface area contributed by atoms with E-state index in [0.29, 0.717) is 16.3 Å². The molecule has 3 aromatic rings. The molecule has 0 unspecified atom stereocenters. The van der Waals surface area contributed by atoms with E-state index in [4.69, 9.17) is 16.7 Å². The molecule has 0 heterocycles. The Bertz CT molecular complexity index is 1290. The van der Waals surface area contributed by atoms with Gasteiger partial charge < -0.3 is 15.1 Å². The van der Waals surface area contributed by atoms with Crippen molar-refractivity contribution in [1.29, 1.82) is 0 Å². The number of aryl methyl sites for hydroxylation is 1. The van der Waals surface area contributed by atoms with E-state index in [9.17, 15) is 23.1 Å². The summed E-state index contributed by atoms with van der Waals surface area (Å²) >= 11 is 5.85. The Labute approximate surface area is 189 Å². The first-order chi connectivity index (χ1) is 15.0. The highest BCUT2D eigenvalue weighted by Crippen LogP contribution is 2.28. The average molecular weight is 475 g/mol. The third-order valence-electron chi connectivity index (χ3n) is 4.72. The smallest absolute Gasteiger partial charge is 0.339 e. The molecule has 3 aromatic carbocycles. The van der Waals surface area contributed by atoms with Crippen molar-refractivity contribution in [2.45, 2.75) is 11.8 Å². The summed E-state index contributed by atoms with van der Waals surface area (Å²) in [6, 6.07) is 14.5. The third-order valence-corrected chi connectivity index (χ3v) is 6.49. The number of amides is 1. The predicted octanol–water partition coefficient (Wildman–Crippen LogP) is 4.13. The zero-order valence-electron chi connectivity index (χ0n) is 17.0. The molecule has 0 atom stereocenters. The number of rotatable bonds is 6. The predicted molar refractivity (Wildman–Crippen MR) is 121 cm³/mol. The number of nitrogens with one attached hydrogen (secondary N) is 1. The largest absolute Gasteiger partial charge is 0.507 e. The first-order valence-electron chi connectivity index (χ1n) is 9.23.